The molecule has 1 N–H and O–H groups in total. The van der Waals surface area contributed by atoms with E-state index in [1.807, 2.05) is 31.2 Å². The summed E-state index contributed by atoms with van der Waals surface area (Å²) in [6.45, 7) is 1.92. The van der Waals surface area contributed by atoms with Gasteiger partial charge in [0.25, 0.3) is 0 Å². The number of carbonyl (C=O) groups excluding carboxylic acids is 1. The first-order valence-corrected chi connectivity index (χ1v) is 8.93. The molecule has 7 nitrogen and oxygen atoms in total. The molecule has 0 spiro atoms. The zero-order valence-electron chi connectivity index (χ0n) is 14.5. The summed E-state index contributed by atoms with van der Waals surface area (Å²) in [4.78, 5) is 12.1. The standard InChI is InChI=1S/C17H14F3N5O2S/c1-11-4-2-3-5-14(11)25-16(22-23-24-25)28-10-15(26)21-12-6-8-13(9-7-12)27-17(18,19)20/h2-9H,10H2,1H3,(H,21,26). The Morgan fingerprint density at radius 2 is 1.89 bits per heavy atom. The summed E-state index contributed by atoms with van der Waals surface area (Å²) in [7, 11) is 0. The fraction of sp³-hybridized carbons (Fsp3) is 0.176. The first kappa shape index (κ1) is 19.7. The summed E-state index contributed by atoms with van der Waals surface area (Å²) in [5.74, 6) is -0.696. The largest absolute Gasteiger partial charge is 0.573 e. The summed E-state index contributed by atoms with van der Waals surface area (Å²) in [5.41, 5.74) is 2.12. The van der Waals surface area contributed by atoms with E-state index in [0.29, 0.717) is 10.8 Å². The summed E-state index contributed by atoms with van der Waals surface area (Å²) in [5, 5.41) is 14.5. The van der Waals surface area contributed by atoms with Crippen LogP contribution in [0.3, 0.4) is 0 Å². The number of para-hydroxylation sites is 1. The Morgan fingerprint density at radius 3 is 2.57 bits per heavy atom. The second-order valence-electron chi connectivity index (χ2n) is 5.57. The molecule has 0 saturated heterocycles. The lowest BCUT2D eigenvalue weighted by molar-refractivity contribution is -0.274. The lowest BCUT2D eigenvalue weighted by Gasteiger charge is -2.10. The summed E-state index contributed by atoms with van der Waals surface area (Å²) in [6.07, 6.45) is -4.76. The Bertz CT molecular complexity index is 960. The molecule has 0 radical (unpaired) electrons. The second-order valence-corrected chi connectivity index (χ2v) is 6.51. The smallest absolute Gasteiger partial charge is 0.406 e. The zero-order valence-corrected chi connectivity index (χ0v) is 15.3. The molecule has 1 heterocycles. The average molecular weight is 409 g/mol. The number of amides is 1. The molecule has 1 aromatic heterocycles. The van der Waals surface area contributed by atoms with Crippen LogP contribution in [0, 0.1) is 6.92 Å². The highest BCUT2D eigenvalue weighted by atomic mass is 32.2. The second kappa shape index (κ2) is 8.30. The number of hydrogen-bond acceptors (Lipinski definition) is 6. The van der Waals surface area contributed by atoms with Gasteiger partial charge in [-0.3, -0.25) is 4.79 Å². The van der Waals surface area contributed by atoms with Gasteiger partial charge in [-0.25, -0.2) is 0 Å². The number of aromatic nitrogens is 4. The van der Waals surface area contributed by atoms with Gasteiger partial charge in [-0.05, 0) is 53.2 Å². The van der Waals surface area contributed by atoms with E-state index in [1.165, 1.54) is 16.8 Å². The molecule has 0 aliphatic heterocycles. The van der Waals surface area contributed by atoms with Gasteiger partial charge in [-0.1, -0.05) is 30.0 Å². The Balaban J connectivity index is 1.59. The highest BCUT2D eigenvalue weighted by Gasteiger charge is 2.30. The minimum Gasteiger partial charge on any atom is -0.406 e. The fourth-order valence-corrected chi connectivity index (χ4v) is 2.97. The third-order valence-corrected chi connectivity index (χ3v) is 4.41. The van der Waals surface area contributed by atoms with Crippen LogP contribution in [0.2, 0.25) is 0 Å². The van der Waals surface area contributed by atoms with Crippen LogP contribution in [-0.4, -0.2) is 38.2 Å². The SMILES string of the molecule is Cc1ccccc1-n1nnnc1SCC(=O)Nc1ccc(OC(F)(F)F)cc1. The van der Waals surface area contributed by atoms with Crippen LogP contribution >= 0.6 is 11.8 Å². The maximum atomic E-state index is 12.2. The first-order valence-electron chi connectivity index (χ1n) is 7.95. The topological polar surface area (TPSA) is 81.9 Å². The number of halogens is 3. The van der Waals surface area contributed by atoms with Gasteiger partial charge in [0, 0.05) is 5.69 Å². The molecular weight excluding hydrogens is 395 g/mol. The Kier molecular flexibility index (Phi) is 5.83. The summed E-state index contributed by atoms with van der Waals surface area (Å²) in [6, 6.07) is 12.4. The van der Waals surface area contributed by atoms with Gasteiger partial charge in [0.15, 0.2) is 0 Å². The maximum absolute atomic E-state index is 12.2. The predicted octanol–water partition coefficient (Wildman–Crippen LogP) is 3.60. The normalized spacial score (nSPS) is 11.3. The predicted molar refractivity (Wildman–Crippen MR) is 96.4 cm³/mol. The number of benzene rings is 2. The van der Waals surface area contributed by atoms with Gasteiger partial charge < -0.3 is 10.1 Å². The van der Waals surface area contributed by atoms with Crippen molar-refractivity contribution in [1.29, 1.82) is 0 Å². The number of anilines is 1. The van der Waals surface area contributed by atoms with E-state index in [-0.39, 0.29) is 17.4 Å². The molecule has 11 heteroatoms. The molecule has 0 saturated carbocycles. The van der Waals surface area contributed by atoms with Crippen molar-refractivity contribution in [2.45, 2.75) is 18.4 Å². The van der Waals surface area contributed by atoms with Crippen molar-refractivity contribution < 1.29 is 22.7 Å². The number of nitrogens with one attached hydrogen (secondary N) is 1. The number of tetrazole rings is 1. The highest BCUT2D eigenvalue weighted by Crippen LogP contribution is 2.24. The minimum absolute atomic E-state index is 0.0209. The maximum Gasteiger partial charge on any atom is 0.573 e. The van der Waals surface area contributed by atoms with Crippen molar-refractivity contribution >= 4 is 23.4 Å². The van der Waals surface area contributed by atoms with E-state index in [9.17, 15) is 18.0 Å². The van der Waals surface area contributed by atoms with Crippen molar-refractivity contribution in [3.8, 4) is 11.4 Å². The molecule has 0 bridgehead atoms. The molecular formula is C17H14F3N5O2S. The van der Waals surface area contributed by atoms with Crippen molar-refractivity contribution in [2.75, 3.05) is 11.1 Å². The molecule has 0 atom stereocenters. The summed E-state index contributed by atoms with van der Waals surface area (Å²) >= 11 is 1.14. The van der Waals surface area contributed by atoms with Crippen molar-refractivity contribution in [3.05, 3.63) is 54.1 Å². The van der Waals surface area contributed by atoms with Crippen LogP contribution in [0.4, 0.5) is 18.9 Å². The molecule has 0 fully saturated rings. The van der Waals surface area contributed by atoms with E-state index in [4.69, 9.17) is 0 Å². The Morgan fingerprint density at radius 1 is 1.18 bits per heavy atom. The molecule has 3 rings (SSSR count). The van der Waals surface area contributed by atoms with E-state index >= 15 is 0 Å². The average Bonchev–Trinajstić information content (AvgIpc) is 3.09. The van der Waals surface area contributed by atoms with Gasteiger partial charge in [-0.2, -0.15) is 4.68 Å². The first-order chi connectivity index (χ1) is 13.3. The third kappa shape index (κ3) is 5.22. The molecule has 2 aromatic carbocycles. The molecule has 0 aliphatic carbocycles. The number of aryl methyl sites for hydroxylation is 1. The molecule has 0 unspecified atom stereocenters. The summed E-state index contributed by atoms with van der Waals surface area (Å²) < 4.78 is 41.8. The fourth-order valence-electron chi connectivity index (χ4n) is 2.29. The van der Waals surface area contributed by atoms with E-state index in [2.05, 4.69) is 25.6 Å². The van der Waals surface area contributed by atoms with Gasteiger partial charge >= 0.3 is 6.36 Å². The number of thioether (sulfide) groups is 1. The number of ether oxygens (including phenoxy) is 1. The highest BCUT2D eigenvalue weighted by molar-refractivity contribution is 7.99. The van der Waals surface area contributed by atoms with Crippen molar-refractivity contribution in [2.24, 2.45) is 0 Å². The number of nitrogens with zero attached hydrogens (tertiary/aromatic N) is 4. The molecule has 146 valence electrons. The van der Waals surface area contributed by atoms with Gasteiger partial charge in [0.2, 0.25) is 11.1 Å². The molecule has 28 heavy (non-hydrogen) atoms. The lowest BCUT2D eigenvalue weighted by atomic mass is 10.2. The quantitative estimate of drug-likeness (QED) is 0.627. The van der Waals surface area contributed by atoms with Crippen LogP contribution < -0.4 is 10.1 Å². The third-order valence-electron chi connectivity index (χ3n) is 3.49. The van der Waals surface area contributed by atoms with Crippen LogP contribution in [0.5, 0.6) is 5.75 Å². The van der Waals surface area contributed by atoms with Gasteiger partial charge in [-0.15, -0.1) is 18.3 Å². The van der Waals surface area contributed by atoms with Gasteiger partial charge in [0.05, 0.1) is 11.4 Å². The van der Waals surface area contributed by atoms with E-state index in [0.717, 1.165) is 35.1 Å². The van der Waals surface area contributed by atoms with Crippen LogP contribution in [0.25, 0.3) is 5.69 Å². The zero-order chi connectivity index (χ0) is 20.1. The van der Waals surface area contributed by atoms with Crippen molar-refractivity contribution in [1.82, 2.24) is 20.2 Å². The van der Waals surface area contributed by atoms with Crippen LogP contribution in [0.1, 0.15) is 5.56 Å². The Labute approximate surface area is 161 Å². The molecule has 0 aliphatic rings. The number of alkyl halides is 3. The molecule has 3 aromatic rings. The van der Waals surface area contributed by atoms with E-state index in [1.54, 1.807) is 0 Å². The number of carbonyl (C=O) groups is 1. The van der Waals surface area contributed by atoms with Crippen LogP contribution in [0.15, 0.2) is 53.7 Å². The van der Waals surface area contributed by atoms with Crippen molar-refractivity contribution in [3.63, 3.8) is 0 Å². The number of hydrogen-bond donors (Lipinski definition) is 1. The minimum atomic E-state index is -4.76. The van der Waals surface area contributed by atoms with Gasteiger partial charge in [0.1, 0.15) is 5.75 Å². The monoisotopic (exact) mass is 409 g/mol. The van der Waals surface area contributed by atoms with E-state index < -0.39 is 6.36 Å². The van der Waals surface area contributed by atoms with Crippen LogP contribution in [-0.2, 0) is 4.79 Å². The lowest BCUT2D eigenvalue weighted by Crippen LogP contribution is -2.17. The molecule has 1 amide bonds. The number of rotatable bonds is 6. The Hall–Kier alpha value is -3.08.